The van der Waals surface area contributed by atoms with Gasteiger partial charge in [0.1, 0.15) is 0 Å². The third kappa shape index (κ3) is 20.1. The second-order valence-corrected chi connectivity index (χ2v) is 9.89. The molecule has 1 nitrogen and oxygen atoms in total. The Morgan fingerprint density at radius 2 is 0.870 bits per heavy atom. The van der Waals surface area contributed by atoms with Crippen molar-refractivity contribution in [2.45, 2.75) is 129 Å². The summed E-state index contributed by atoms with van der Waals surface area (Å²) in [6.45, 7) is 7.68. The smallest absolute Gasteiger partial charge is 0.173 e. The van der Waals surface area contributed by atoms with Gasteiger partial charge in [0.25, 0.3) is 0 Å². The van der Waals surface area contributed by atoms with E-state index in [4.69, 9.17) is 4.43 Å². The Labute approximate surface area is 149 Å². The number of rotatable bonds is 19. The monoisotopic (exact) mass is 342 g/mol. The Morgan fingerprint density at radius 1 is 0.522 bits per heavy atom. The van der Waals surface area contributed by atoms with E-state index in [1.54, 1.807) is 0 Å². The van der Waals surface area contributed by atoms with Crippen LogP contribution in [0.5, 0.6) is 0 Å². The molecule has 0 aliphatic carbocycles. The highest BCUT2D eigenvalue weighted by Crippen LogP contribution is 2.14. The fourth-order valence-electron chi connectivity index (χ4n) is 3.35. The Kier molecular flexibility index (Phi) is 20.4. The van der Waals surface area contributed by atoms with E-state index in [9.17, 15) is 0 Å². The highest BCUT2D eigenvalue weighted by atomic mass is 28.3. The zero-order valence-electron chi connectivity index (χ0n) is 16.7. The quantitative estimate of drug-likeness (QED) is 0.173. The fraction of sp³-hybridized carbons (Fsp3) is 1.00. The van der Waals surface area contributed by atoms with E-state index in [1.807, 2.05) is 0 Å². The molecule has 0 aromatic rings. The van der Waals surface area contributed by atoms with Crippen LogP contribution in [0.25, 0.3) is 0 Å². The van der Waals surface area contributed by atoms with Crippen molar-refractivity contribution < 1.29 is 4.43 Å². The van der Waals surface area contributed by atoms with Gasteiger partial charge in [-0.15, -0.1) is 0 Å². The summed E-state index contributed by atoms with van der Waals surface area (Å²) in [5.74, 6) is 0. The largest absolute Gasteiger partial charge is 0.421 e. The molecule has 0 heterocycles. The minimum absolute atomic E-state index is 0.795. The lowest BCUT2D eigenvalue weighted by atomic mass is 10.0. The molecule has 0 aliphatic rings. The average molecular weight is 343 g/mol. The molecule has 140 valence electrons. The molecule has 0 saturated carbocycles. The van der Waals surface area contributed by atoms with Crippen molar-refractivity contribution in [1.82, 2.24) is 0 Å². The van der Waals surface area contributed by atoms with Gasteiger partial charge < -0.3 is 4.43 Å². The van der Waals surface area contributed by atoms with Crippen molar-refractivity contribution in [3.63, 3.8) is 0 Å². The topological polar surface area (TPSA) is 9.23 Å². The third-order valence-corrected chi connectivity index (χ3v) is 7.04. The zero-order valence-corrected chi connectivity index (χ0v) is 17.9. The van der Waals surface area contributed by atoms with Crippen LogP contribution in [0, 0.1) is 0 Å². The first-order chi connectivity index (χ1) is 11.3. The fourth-order valence-corrected chi connectivity index (χ4v) is 4.95. The molecule has 0 rings (SSSR count). The molecule has 1 unspecified atom stereocenters. The molecular formula is C21H46OSi. The van der Waals surface area contributed by atoms with Crippen LogP contribution < -0.4 is 0 Å². The maximum atomic E-state index is 5.70. The molecule has 0 bridgehead atoms. The van der Waals surface area contributed by atoms with Crippen molar-refractivity contribution in [3.8, 4) is 0 Å². The lowest BCUT2D eigenvalue weighted by Crippen LogP contribution is -2.12. The number of unbranched alkanes of at least 4 members (excludes halogenated alkanes) is 15. The van der Waals surface area contributed by atoms with E-state index in [1.165, 1.54) is 109 Å². The van der Waals surface area contributed by atoms with E-state index in [-0.39, 0.29) is 0 Å². The van der Waals surface area contributed by atoms with E-state index in [0.29, 0.717) is 0 Å². The third-order valence-electron chi connectivity index (χ3n) is 4.92. The van der Waals surface area contributed by atoms with Gasteiger partial charge in [-0.3, -0.25) is 0 Å². The molecule has 0 aromatic carbocycles. The van der Waals surface area contributed by atoms with Crippen LogP contribution >= 0.6 is 0 Å². The molecule has 0 saturated heterocycles. The second kappa shape index (κ2) is 20.2. The summed E-state index contributed by atoms with van der Waals surface area (Å²) in [6, 6.07) is 1.38. The summed E-state index contributed by atoms with van der Waals surface area (Å²) in [6.07, 6.45) is 23.3. The molecule has 0 radical (unpaired) electrons. The van der Waals surface area contributed by atoms with Gasteiger partial charge in [0.05, 0.1) is 0 Å². The minimum atomic E-state index is -0.795. The molecule has 0 spiro atoms. The Bertz CT molecular complexity index is 208. The molecular weight excluding hydrogens is 296 g/mol. The van der Waals surface area contributed by atoms with Gasteiger partial charge in [0.2, 0.25) is 0 Å². The summed E-state index contributed by atoms with van der Waals surface area (Å²) in [5.41, 5.74) is 0. The van der Waals surface area contributed by atoms with Gasteiger partial charge >= 0.3 is 0 Å². The Hall–Kier alpha value is 0.177. The molecule has 2 heteroatoms. The van der Waals surface area contributed by atoms with Crippen LogP contribution in [0.3, 0.4) is 0 Å². The van der Waals surface area contributed by atoms with Gasteiger partial charge in [-0.25, -0.2) is 0 Å². The maximum absolute atomic E-state index is 5.70. The summed E-state index contributed by atoms with van der Waals surface area (Å²) >= 11 is 0. The molecule has 0 N–H and O–H groups in total. The normalized spacial score (nSPS) is 12.7. The summed E-state index contributed by atoms with van der Waals surface area (Å²) in [4.78, 5) is 0. The van der Waals surface area contributed by atoms with E-state index < -0.39 is 9.04 Å². The SMILES string of the molecule is CCCCCCCCCCCCCCCCCC[SiH](C)OCC. The van der Waals surface area contributed by atoms with Crippen LogP contribution in [0.15, 0.2) is 0 Å². The molecule has 1 atom stereocenters. The summed E-state index contributed by atoms with van der Waals surface area (Å²) in [5, 5.41) is 0. The minimum Gasteiger partial charge on any atom is -0.421 e. The van der Waals surface area contributed by atoms with Gasteiger partial charge in [0, 0.05) is 6.61 Å². The first-order valence-corrected chi connectivity index (χ1v) is 13.4. The van der Waals surface area contributed by atoms with Crippen LogP contribution in [-0.2, 0) is 4.43 Å². The first-order valence-electron chi connectivity index (χ1n) is 10.9. The van der Waals surface area contributed by atoms with Crippen molar-refractivity contribution in [1.29, 1.82) is 0 Å². The highest BCUT2D eigenvalue weighted by molar-refractivity contribution is 6.50. The Morgan fingerprint density at radius 3 is 1.22 bits per heavy atom. The maximum Gasteiger partial charge on any atom is 0.173 e. The molecule has 0 amide bonds. The number of hydrogen-bond acceptors (Lipinski definition) is 1. The standard InChI is InChI=1S/C21H46OSi/c1-4-6-7-8-9-10-11-12-13-14-15-16-17-18-19-20-21-23(3)22-5-2/h23H,4-21H2,1-3H3. The molecule has 23 heavy (non-hydrogen) atoms. The van der Waals surface area contributed by atoms with Gasteiger partial charge in [-0.1, -0.05) is 110 Å². The predicted molar refractivity (Wildman–Crippen MR) is 109 cm³/mol. The van der Waals surface area contributed by atoms with E-state index in [0.717, 1.165) is 6.61 Å². The average Bonchev–Trinajstić information content (AvgIpc) is 2.54. The second-order valence-electron chi connectivity index (χ2n) is 7.36. The first kappa shape index (κ1) is 23.2. The molecule has 0 aromatic heterocycles. The van der Waals surface area contributed by atoms with Gasteiger partial charge in [-0.2, -0.15) is 0 Å². The van der Waals surface area contributed by atoms with Gasteiger partial charge in [0.15, 0.2) is 9.04 Å². The summed E-state index contributed by atoms with van der Waals surface area (Å²) in [7, 11) is -0.795. The zero-order chi connectivity index (χ0) is 17.0. The van der Waals surface area contributed by atoms with Gasteiger partial charge in [-0.05, 0) is 19.5 Å². The molecule has 0 aliphatic heterocycles. The predicted octanol–water partition coefficient (Wildman–Crippen LogP) is 7.64. The van der Waals surface area contributed by atoms with Crippen LogP contribution in [0.1, 0.15) is 117 Å². The summed E-state index contributed by atoms with van der Waals surface area (Å²) < 4.78 is 5.70. The van der Waals surface area contributed by atoms with Crippen molar-refractivity contribution in [3.05, 3.63) is 0 Å². The van der Waals surface area contributed by atoms with Crippen LogP contribution in [-0.4, -0.2) is 15.6 Å². The van der Waals surface area contributed by atoms with Crippen molar-refractivity contribution in [2.24, 2.45) is 0 Å². The van der Waals surface area contributed by atoms with Crippen molar-refractivity contribution >= 4 is 9.04 Å². The van der Waals surface area contributed by atoms with Crippen LogP contribution in [0.4, 0.5) is 0 Å². The van der Waals surface area contributed by atoms with E-state index in [2.05, 4.69) is 20.4 Å². The lowest BCUT2D eigenvalue weighted by Gasteiger charge is -2.09. The Balaban J connectivity index is 3.00. The van der Waals surface area contributed by atoms with Crippen LogP contribution in [0.2, 0.25) is 12.6 Å². The highest BCUT2D eigenvalue weighted by Gasteiger charge is 2.02. The van der Waals surface area contributed by atoms with Crippen molar-refractivity contribution in [2.75, 3.05) is 6.61 Å². The lowest BCUT2D eigenvalue weighted by molar-refractivity contribution is 0.344. The number of hydrogen-bond donors (Lipinski definition) is 0. The van der Waals surface area contributed by atoms with E-state index >= 15 is 0 Å². The molecule has 0 fully saturated rings.